The molecule has 1 aliphatic carbocycles. The van der Waals surface area contributed by atoms with Gasteiger partial charge >= 0.3 is 0 Å². The van der Waals surface area contributed by atoms with Crippen molar-refractivity contribution in [2.24, 2.45) is 5.41 Å². The Bertz CT molecular complexity index is 705. The predicted molar refractivity (Wildman–Crippen MR) is 111 cm³/mol. The number of benzene rings is 1. The molecule has 0 spiro atoms. The molecular weight excluding hydrogens is 318 g/mol. The molecule has 1 aliphatic rings. The Morgan fingerprint density at radius 3 is 2.50 bits per heavy atom. The van der Waals surface area contributed by atoms with Crippen LogP contribution < -0.4 is 0 Å². The van der Waals surface area contributed by atoms with Crippen molar-refractivity contribution < 1.29 is 5.11 Å². The van der Waals surface area contributed by atoms with Gasteiger partial charge in [-0.2, -0.15) is 5.26 Å². The molecule has 0 heterocycles. The maximum Gasteiger partial charge on any atom is 0.0859 e. The zero-order valence-electron chi connectivity index (χ0n) is 16.4. The maximum absolute atomic E-state index is 11.1. The minimum absolute atomic E-state index is 0.425. The molecule has 2 rings (SSSR count). The summed E-state index contributed by atoms with van der Waals surface area (Å²) < 4.78 is 0. The molecule has 0 aliphatic heterocycles. The molecule has 0 saturated carbocycles. The summed E-state index contributed by atoms with van der Waals surface area (Å²) in [6.07, 6.45) is 10.6. The highest BCUT2D eigenvalue weighted by Crippen LogP contribution is 2.46. The standard InChI is InChI=1S/C22H25NO.C2H6/c1-4-10-17(2)15-22(3,21(24)19-13-8-9-14-19)20(16-23)18-11-6-5-7-12-18;1-2/h4-8,10-14,20-21,24H,2,9,15H2,1,3H3;1-2H3/b10-4-;/t20-,21?,22?;/m1./s1. The van der Waals surface area contributed by atoms with Gasteiger partial charge in [0.1, 0.15) is 0 Å². The van der Waals surface area contributed by atoms with Crippen molar-refractivity contribution in [2.45, 2.75) is 52.6 Å². The summed E-state index contributed by atoms with van der Waals surface area (Å²) in [4.78, 5) is 0. The molecule has 0 radical (unpaired) electrons. The van der Waals surface area contributed by atoms with Gasteiger partial charge < -0.3 is 5.11 Å². The van der Waals surface area contributed by atoms with E-state index in [2.05, 4.69) is 12.6 Å². The molecule has 0 bridgehead atoms. The largest absolute Gasteiger partial charge is 0.388 e. The van der Waals surface area contributed by atoms with E-state index in [0.29, 0.717) is 6.42 Å². The molecule has 3 atom stereocenters. The number of nitriles is 1. The first-order chi connectivity index (χ1) is 12.5. The van der Waals surface area contributed by atoms with E-state index in [1.807, 2.05) is 88.4 Å². The van der Waals surface area contributed by atoms with Crippen LogP contribution in [0.2, 0.25) is 0 Å². The molecule has 0 aromatic heterocycles. The van der Waals surface area contributed by atoms with Crippen LogP contribution >= 0.6 is 0 Å². The first-order valence-electron chi connectivity index (χ1n) is 9.32. The van der Waals surface area contributed by atoms with Crippen LogP contribution in [0.5, 0.6) is 0 Å². The van der Waals surface area contributed by atoms with Gasteiger partial charge in [-0.15, -0.1) is 0 Å². The minimum Gasteiger partial charge on any atom is -0.388 e. The van der Waals surface area contributed by atoms with E-state index in [1.54, 1.807) is 0 Å². The number of nitrogens with zero attached hydrogens (tertiary/aromatic N) is 1. The number of rotatable bonds is 7. The van der Waals surface area contributed by atoms with Gasteiger partial charge in [0.2, 0.25) is 0 Å². The van der Waals surface area contributed by atoms with Crippen LogP contribution in [0.4, 0.5) is 0 Å². The lowest BCUT2D eigenvalue weighted by Crippen LogP contribution is -2.39. The monoisotopic (exact) mass is 349 g/mol. The SMILES string of the molecule is C=C(/C=C\C)CC(C)(C(O)C1=CCC=C1)[C@H](C#N)c1ccccc1.CC. The molecule has 1 aromatic rings. The van der Waals surface area contributed by atoms with Crippen LogP contribution in [0.15, 0.2) is 78.4 Å². The summed E-state index contributed by atoms with van der Waals surface area (Å²) in [5.41, 5.74) is 2.07. The molecule has 0 fully saturated rings. The quantitative estimate of drug-likeness (QED) is 0.605. The van der Waals surface area contributed by atoms with Crippen molar-refractivity contribution >= 4 is 0 Å². The molecular formula is C24H31NO. The van der Waals surface area contributed by atoms with Crippen molar-refractivity contribution in [3.05, 3.63) is 84.0 Å². The lowest BCUT2D eigenvalue weighted by molar-refractivity contribution is 0.0597. The predicted octanol–water partition coefficient (Wildman–Crippen LogP) is 6.10. The van der Waals surface area contributed by atoms with Gasteiger partial charge in [-0.05, 0) is 30.9 Å². The number of aliphatic hydroxyl groups excluding tert-OH is 1. The maximum atomic E-state index is 11.1. The molecule has 2 unspecified atom stereocenters. The summed E-state index contributed by atoms with van der Waals surface area (Å²) in [6.45, 7) is 12.0. The number of aliphatic hydroxyl groups is 1. The lowest BCUT2D eigenvalue weighted by atomic mass is 9.65. The van der Waals surface area contributed by atoms with E-state index in [9.17, 15) is 10.4 Å². The molecule has 1 N–H and O–H groups in total. The highest BCUT2D eigenvalue weighted by molar-refractivity contribution is 5.37. The molecule has 138 valence electrons. The smallest absolute Gasteiger partial charge is 0.0859 e. The van der Waals surface area contributed by atoms with Crippen LogP contribution in [0.1, 0.15) is 52.0 Å². The lowest BCUT2D eigenvalue weighted by Gasteiger charge is -2.39. The zero-order valence-corrected chi connectivity index (χ0v) is 16.4. The Morgan fingerprint density at radius 2 is 2.00 bits per heavy atom. The zero-order chi connectivity index (χ0) is 19.6. The fraction of sp³-hybridized carbons (Fsp3) is 0.375. The van der Waals surface area contributed by atoms with Crippen LogP contribution in [0.3, 0.4) is 0 Å². The minimum atomic E-state index is -0.719. The third-order valence-corrected chi connectivity index (χ3v) is 4.67. The Labute approximate surface area is 158 Å². The van der Waals surface area contributed by atoms with E-state index in [-0.39, 0.29) is 0 Å². The molecule has 2 nitrogen and oxygen atoms in total. The van der Waals surface area contributed by atoms with E-state index in [4.69, 9.17) is 0 Å². The summed E-state index contributed by atoms with van der Waals surface area (Å²) >= 11 is 0. The van der Waals surface area contributed by atoms with E-state index in [0.717, 1.165) is 23.1 Å². The third-order valence-electron chi connectivity index (χ3n) is 4.67. The van der Waals surface area contributed by atoms with Crippen LogP contribution in [0.25, 0.3) is 0 Å². The highest BCUT2D eigenvalue weighted by Gasteiger charge is 2.43. The summed E-state index contributed by atoms with van der Waals surface area (Å²) in [6, 6.07) is 12.1. The average Bonchev–Trinajstić information content (AvgIpc) is 3.19. The summed E-state index contributed by atoms with van der Waals surface area (Å²) in [5.74, 6) is -0.425. The second-order valence-electron chi connectivity index (χ2n) is 6.56. The fourth-order valence-electron chi connectivity index (χ4n) is 3.45. The van der Waals surface area contributed by atoms with Gasteiger partial charge in [-0.1, -0.05) is 93.6 Å². The van der Waals surface area contributed by atoms with Crippen LogP contribution in [-0.2, 0) is 0 Å². The van der Waals surface area contributed by atoms with Crippen molar-refractivity contribution in [3.63, 3.8) is 0 Å². The van der Waals surface area contributed by atoms with Gasteiger partial charge in [0, 0.05) is 5.41 Å². The molecule has 26 heavy (non-hydrogen) atoms. The molecule has 0 saturated heterocycles. The van der Waals surface area contributed by atoms with Gasteiger partial charge in [-0.25, -0.2) is 0 Å². The summed E-state index contributed by atoms with van der Waals surface area (Å²) in [5, 5.41) is 21.0. The van der Waals surface area contributed by atoms with Gasteiger partial charge in [-0.3, -0.25) is 0 Å². The highest BCUT2D eigenvalue weighted by atomic mass is 16.3. The summed E-state index contributed by atoms with van der Waals surface area (Å²) in [7, 11) is 0. The van der Waals surface area contributed by atoms with Gasteiger partial charge in [0.15, 0.2) is 0 Å². The topological polar surface area (TPSA) is 44.0 Å². The normalized spacial score (nSPS) is 17.5. The molecule has 1 aromatic carbocycles. The Kier molecular flexibility index (Phi) is 8.82. The van der Waals surface area contributed by atoms with Gasteiger partial charge in [0.05, 0.1) is 18.1 Å². The van der Waals surface area contributed by atoms with Crippen LogP contribution in [-0.4, -0.2) is 11.2 Å². The van der Waals surface area contributed by atoms with Crippen molar-refractivity contribution in [1.82, 2.24) is 0 Å². The van der Waals surface area contributed by atoms with E-state index >= 15 is 0 Å². The average molecular weight is 350 g/mol. The Hall–Kier alpha value is -2.37. The number of allylic oxidation sites excluding steroid dienone is 5. The fourth-order valence-corrected chi connectivity index (χ4v) is 3.45. The number of hydrogen-bond acceptors (Lipinski definition) is 2. The van der Waals surface area contributed by atoms with Crippen molar-refractivity contribution in [1.29, 1.82) is 5.26 Å². The van der Waals surface area contributed by atoms with E-state index < -0.39 is 17.4 Å². The van der Waals surface area contributed by atoms with Crippen molar-refractivity contribution in [3.8, 4) is 6.07 Å². The van der Waals surface area contributed by atoms with Crippen LogP contribution in [0, 0.1) is 16.7 Å². The van der Waals surface area contributed by atoms with E-state index in [1.165, 1.54) is 0 Å². The number of hydrogen-bond donors (Lipinski definition) is 1. The first-order valence-corrected chi connectivity index (χ1v) is 9.32. The van der Waals surface area contributed by atoms with Gasteiger partial charge in [0.25, 0.3) is 0 Å². The van der Waals surface area contributed by atoms with Crippen molar-refractivity contribution in [2.75, 3.05) is 0 Å². The molecule has 0 amide bonds. The Morgan fingerprint density at radius 1 is 1.35 bits per heavy atom. The third kappa shape index (κ3) is 5.07. The molecule has 2 heteroatoms. The second kappa shape index (κ2) is 10.6. The second-order valence-corrected chi connectivity index (χ2v) is 6.56. The Balaban J connectivity index is 0.00000163. The first kappa shape index (κ1) is 21.7.